The lowest BCUT2D eigenvalue weighted by Gasteiger charge is -2.35. The lowest BCUT2D eigenvalue weighted by Crippen LogP contribution is -2.55. The molecule has 0 radical (unpaired) electrons. The Hall–Kier alpha value is -0.850. The van der Waals surface area contributed by atoms with Crippen molar-refractivity contribution in [3.63, 3.8) is 0 Å². The van der Waals surface area contributed by atoms with Crippen molar-refractivity contribution in [3.05, 3.63) is 0 Å². The Morgan fingerprint density at radius 3 is 2.39 bits per heavy atom. The second kappa shape index (κ2) is 8.31. The van der Waals surface area contributed by atoms with Crippen LogP contribution in [0.5, 0.6) is 0 Å². The van der Waals surface area contributed by atoms with Crippen LogP contribution >= 0.6 is 0 Å². The van der Waals surface area contributed by atoms with Gasteiger partial charge in [-0.15, -0.1) is 0 Å². The van der Waals surface area contributed by atoms with E-state index in [-0.39, 0.29) is 12.6 Å². The van der Waals surface area contributed by atoms with E-state index in [2.05, 4.69) is 34.3 Å². The van der Waals surface area contributed by atoms with Gasteiger partial charge < -0.3 is 25.5 Å². The third kappa shape index (κ3) is 5.62. The lowest BCUT2D eigenvalue weighted by atomic mass is 9.97. The smallest absolute Gasteiger partial charge is 0.315 e. The van der Waals surface area contributed by atoms with E-state index in [9.17, 15) is 9.90 Å². The number of carbonyl (C=O) groups excluding carboxylic acids is 1. The SMILES string of the molecule is CCN1CCN(CC(C)CNC(=O)NC(C)(CO)C2CC2)CC1. The highest BCUT2D eigenvalue weighted by Crippen LogP contribution is 2.39. The maximum atomic E-state index is 12.1. The molecule has 2 fully saturated rings. The quantitative estimate of drug-likeness (QED) is 0.615. The van der Waals surface area contributed by atoms with Crippen molar-refractivity contribution in [2.45, 2.75) is 39.2 Å². The number of aliphatic hydroxyl groups is 1. The molecule has 2 amide bonds. The second-order valence-electron chi connectivity index (χ2n) is 7.52. The highest BCUT2D eigenvalue weighted by atomic mass is 16.3. The standard InChI is InChI=1S/C17H34N4O2/c1-4-20-7-9-21(10-8-20)12-14(2)11-18-16(23)19-17(3,13-22)15-5-6-15/h14-15,22H,4-13H2,1-3H3,(H2,18,19,23). The van der Waals surface area contributed by atoms with E-state index in [4.69, 9.17) is 0 Å². The summed E-state index contributed by atoms with van der Waals surface area (Å²) in [5.41, 5.74) is -0.468. The summed E-state index contributed by atoms with van der Waals surface area (Å²) in [7, 11) is 0. The molecule has 2 unspecified atom stereocenters. The maximum Gasteiger partial charge on any atom is 0.315 e. The summed E-state index contributed by atoms with van der Waals surface area (Å²) < 4.78 is 0. The van der Waals surface area contributed by atoms with Gasteiger partial charge in [-0.25, -0.2) is 4.79 Å². The molecule has 2 atom stereocenters. The Balaban J connectivity index is 1.64. The van der Waals surface area contributed by atoms with Gasteiger partial charge in [0.15, 0.2) is 0 Å². The first-order valence-corrected chi connectivity index (χ1v) is 9.08. The zero-order valence-electron chi connectivity index (χ0n) is 15.0. The first kappa shape index (κ1) is 18.5. The average Bonchev–Trinajstić information content (AvgIpc) is 3.39. The van der Waals surface area contributed by atoms with E-state index in [0.29, 0.717) is 18.4 Å². The molecule has 23 heavy (non-hydrogen) atoms. The molecule has 0 aromatic heterocycles. The number of hydrogen-bond acceptors (Lipinski definition) is 4. The fraction of sp³-hybridized carbons (Fsp3) is 0.941. The fourth-order valence-corrected chi connectivity index (χ4v) is 3.36. The first-order valence-electron chi connectivity index (χ1n) is 9.08. The molecule has 2 aliphatic rings. The molecule has 6 nitrogen and oxygen atoms in total. The zero-order valence-corrected chi connectivity index (χ0v) is 15.0. The molecule has 1 saturated heterocycles. The number of urea groups is 1. The molecule has 0 aromatic rings. The van der Waals surface area contributed by atoms with Gasteiger partial charge in [0, 0.05) is 39.3 Å². The van der Waals surface area contributed by atoms with Gasteiger partial charge in [0.2, 0.25) is 0 Å². The molecule has 1 saturated carbocycles. The molecule has 0 bridgehead atoms. The number of hydrogen-bond donors (Lipinski definition) is 3. The van der Waals surface area contributed by atoms with E-state index in [1.54, 1.807) is 0 Å². The third-order valence-corrected chi connectivity index (χ3v) is 5.30. The molecule has 1 aliphatic heterocycles. The van der Waals surface area contributed by atoms with Gasteiger partial charge in [-0.2, -0.15) is 0 Å². The highest BCUT2D eigenvalue weighted by molar-refractivity contribution is 5.74. The van der Waals surface area contributed by atoms with Crippen molar-refractivity contribution in [1.82, 2.24) is 20.4 Å². The number of nitrogens with one attached hydrogen (secondary N) is 2. The van der Waals surface area contributed by atoms with Gasteiger partial charge >= 0.3 is 6.03 Å². The zero-order chi connectivity index (χ0) is 16.9. The summed E-state index contributed by atoms with van der Waals surface area (Å²) in [5.74, 6) is 0.848. The Morgan fingerprint density at radius 2 is 1.87 bits per heavy atom. The number of piperazine rings is 1. The molecule has 6 heteroatoms. The Labute approximate surface area is 140 Å². The van der Waals surface area contributed by atoms with Gasteiger partial charge in [0.25, 0.3) is 0 Å². The van der Waals surface area contributed by atoms with Crippen LogP contribution in [0.1, 0.15) is 33.6 Å². The molecule has 3 N–H and O–H groups in total. The minimum atomic E-state index is -0.468. The fourth-order valence-electron chi connectivity index (χ4n) is 3.36. The molecule has 0 aromatic carbocycles. The van der Waals surface area contributed by atoms with Gasteiger partial charge in [0.1, 0.15) is 0 Å². The Bertz CT molecular complexity index is 381. The minimum absolute atomic E-state index is 0.00233. The Kier molecular flexibility index (Phi) is 6.68. The predicted molar refractivity (Wildman–Crippen MR) is 92.5 cm³/mol. The monoisotopic (exact) mass is 326 g/mol. The molecule has 1 heterocycles. The number of carbonyl (C=O) groups is 1. The van der Waals surface area contributed by atoms with Crippen LogP contribution in [0.3, 0.4) is 0 Å². The number of aliphatic hydroxyl groups excluding tert-OH is 1. The molecule has 2 rings (SSSR count). The van der Waals surface area contributed by atoms with E-state index < -0.39 is 5.54 Å². The van der Waals surface area contributed by atoms with Crippen LogP contribution in [0.2, 0.25) is 0 Å². The van der Waals surface area contributed by atoms with Crippen LogP contribution in [0.25, 0.3) is 0 Å². The largest absolute Gasteiger partial charge is 0.394 e. The average molecular weight is 326 g/mol. The summed E-state index contributed by atoms with van der Waals surface area (Å²) in [6.45, 7) is 13.7. The summed E-state index contributed by atoms with van der Waals surface area (Å²) in [4.78, 5) is 17.0. The normalized spacial score (nSPS) is 24.0. The number of likely N-dealkylation sites (N-methyl/N-ethyl adjacent to an activating group) is 1. The van der Waals surface area contributed by atoms with Gasteiger partial charge in [-0.3, -0.25) is 0 Å². The number of amides is 2. The molecular weight excluding hydrogens is 292 g/mol. The minimum Gasteiger partial charge on any atom is -0.394 e. The number of rotatable bonds is 8. The van der Waals surface area contributed by atoms with E-state index in [1.807, 2.05) is 6.92 Å². The predicted octanol–water partition coefficient (Wildman–Crippen LogP) is 0.720. The first-order chi connectivity index (χ1) is 11.0. The Morgan fingerprint density at radius 1 is 1.26 bits per heavy atom. The third-order valence-electron chi connectivity index (χ3n) is 5.30. The van der Waals surface area contributed by atoms with Crippen LogP contribution in [0.15, 0.2) is 0 Å². The molecule has 134 valence electrons. The van der Waals surface area contributed by atoms with Crippen molar-refractivity contribution in [2.75, 3.05) is 52.4 Å². The molecule has 1 aliphatic carbocycles. The van der Waals surface area contributed by atoms with Gasteiger partial charge in [0.05, 0.1) is 12.1 Å². The summed E-state index contributed by atoms with van der Waals surface area (Å²) in [5, 5.41) is 15.5. The van der Waals surface area contributed by atoms with E-state index in [0.717, 1.165) is 52.1 Å². The van der Waals surface area contributed by atoms with Crippen molar-refractivity contribution >= 4 is 6.03 Å². The van der Waals surface area contributed by atoms with Crippen LogP contribution in [0.4, 0.5) is 4.79 Å². The summed E-state index contributed by atoms with van der Waals surface area (Å²) in [6, 6.07) is -0.156. The van der Waals surface area contributed by atoms with Crippen molar-refractivity contribution in [2.24, 2.45) is 11.8 Å². The summed E-state index contributed by atoms with van der Waals surface area (Å²) >= 11 is 0. The topological polar surface area (TPSA) is 67.8 Å². The maximum absolute atomic E-state index is 12.1. The highest BCUT2D eigenvalue weighted by Gasteiger charge is 2.42. The molecular formula is C17H34N4O2. The van der Waals surface area contributed by atoms with Crippen molar-refractivity contribution < 1.29 is 9.90 Å². The van der Waals surface area contributed by atoms with E-state index in [1.165, 1.54) is 0 Å². The second-order valence-corrected chi connectivity index (χ2v) is 7.52. The van der Waals surface area contributed by atoms with Crippen molar-refractivity contribution in [1.29, 1.82) is 0 Å². The summed E-state index contributed by atoms with van der Waals surface area (Å²) in [6.07, 6.45) is 2.19. The van der Waals surface area contributed by atoms with Crippen LogP contribution < -0.4 is 10.6 Å². The van der Waals surface area contributed by atoms with Crippen LogP contribution in [-0.2, 0) is 0 Å². The van der Waals surface area contributed by atoms with Gasteiger partial charge in [-0.05, 0) is 38.1 Å². The van der Waals surface area contributed by atoms with Gasteiger partial charge in [-0.1, -0.05) is 13.8 Å². The number of nitrogens with zero attached hydrogens (tertiary/aromatic N) is 2. The van der Waals surface area contributed by atoms with E-state index >= 15 is 0 Å². The van der Waals surface area contributed by atoms with Crippen molar-refractivity contribution in [3.8, 4) is 0 Å². The lowest BCUT2D eigenvalue weighted by molar-refractivity contribution is 0.123. The van der Waals surface area contributed by atoms with Crippen LogP contribution in [0, 0.1) is 11.8 Å². The van der Waals surface area contributed by atoms with Crippen LogP contribution in [-0.4, -0.2) is 78.9 Å². The molecule has 0 spiro atoms.